The van der Waals surface area contributed by atoms with E-state index in [1.165, 1.54) is 0 Å². The van der Waals surface area contributed by atoms with Crippen LogP contribution in [0.2, 0.25) is 0 Å². The van der Waals surface area contributed by atoms with Crippen molar-refractivity contribution >= 4 is 5.82 Å². The third-order valence-corrected chi connectivity index (χ3v) is 6.89. The van der Waals surface area contributed by atoms with Gasteiger partial charge in [0, 0.05) is 30.6 Å². The molecule has 3 heterocycles. The molecule has 1 aliphatic heterocycles. The van der Waals surface area contributed by atoms with Crippen molar-refractivity contribution in [3.63, 3.8) is 0 Å². The van der Waals surface area contributed by atoms with Gasteiger partial charge in [0.25, 0.3) is 0 Å². The van der Waals surface area contributed by atoms with E-state index in [1.807, 2.05) is 32.4 Å². The van der Waals surface area contributed by atoms with E-state index in [9.17, 15) is 4.39 Å². The van der Waals surface area contributed by atoms with Crippen LogP contribution in [0.3, 0.4) is 0 Å². The minimum absolute atomic E-state index is 0.139. The SMILES string of the molecule is CNc1ncc(-c2cnn(C3CCN(C)CC3)c2)cc1CC(C)c1c(C)ccc(F)c1C. The van der Waals surface area contributed by atoms with Crippen molar-refractivity contribution in [2.75, 3.05) is 32.5 Å². The van der Waals surface area contributed by atoms with Crippen LogP contribution < -0.4 is 5.32 Å². The molecule has 2 aromatic heterocycles. The Morgan fingerprint density at radius 2 is 1.91 bits per heavy atom. The first-order valence-corrected chi connectivity index (χ1v) is 11.5. The van der Waals surface area contributed by atoms with Gasteiger partial charge >= 0.3 is 0 Å². The normalized spacial score (nSPS) is 16.3. The largest absolute Gasteiger partial charge is 0.373 e. The number of hydrogen-bond donors (Lipinski definition) is 1. The molecule has 1 saturated heterocycles. The molecule has 3 aromatic rings. The van der Waals surface area contributed by atoms with E-state index in [2.05, 4.69) is 58.1 Å². The van der Waals surface area contributed by atoms with Crippen LogP contribution in [0.5, 0.6) is 0 Å². The van der Waals surface area contributed by atoms with E-state index in [0.717, 1.165) is 71.6 Å². The molecule has 0 spiro atoms. The lowest BCUT2D eigenvalue weighted by molar-refractivity contribution is 0.212. The summed E-state index contributed by atoms with van der Waals surface area (Å²) in [5, 5.41) is 7.89. The topological polar surface area (TPSA) is 46.0 Å². The van der Waals surface area contributed by atoms with Crippen LogP contribution in [0, 0.1) is 19.7 Å². The zero-order chi connectivity index (χ0) is 22.8. The van der Waals surface area contributed by atoms with E-state index >= 15 is 0 Å². The molecule has 1 unspecified atom stereocenters. The number of aryl methyl sites for hydroxylation is 1. The van der Waals surface area contributed by atoms with Crippen molar-refractivity contribution in [3.05, 3.63) is 64.9 Å². The first kappa shape index (κ1) is 22.5. The number of benzene rings is 1. The minimum Gasteiger partial charge on any atom is -0.373 e. The molecule has 1 N–H and O–H groups in total. The maximum atomic E-state index is 14.2. The van der Waals surface area contributed by atoms with Gasteiger partial charge in [-0.25, -0.2) is 9.37 Å². The second kappa shape index (κ2) is 9.41. The van der Waals surface area contributed by atoms with Crippen LogP contribution in [-0.2, 0) is 6.42 Å². The highest BCUT2D eigenvalue weighted by atomic mass is 19.1. The number of hydrogen-bond acceptors (Lipinski definition) is 4. The fraction of sp³-hybridized carbons (Fsp3) is 0.462. The first-order valence-electron chi connectivity index (χ1n) is 11.5. The number of halogens is 1. The van der Waals surface area contributed by atoms with Gasteiger partial charge in [0.15, 0.2) is 0 Å². The number of anilines is 1. The second-order valence-electron chi connectivity index (χ2n) is 9.23. The molecular weight excluding hydrogens is 401 g/mol. The van der Waals surface area contributed by atoms with Gasteiger partial charge < -0.3 is 10.2 Å². The van der Waals surface area contributed by atoms with Crippen molar-refractivity contribution in [2.45, 2.75) is 52.0 Å². The molecule has 1 atom stereocenters. The Balaban J connectivity index is 1.59. The van der Waals surface area contributed by atoms with Crippen LogP contribution in [0.1, 0.15) is 54.0 Å². The summed E-state index contributed by atoms with van der Waals surface area (Å²) < 4.78 is 16.4. The molecule has 0 radical (unpaired) electrons. The van der Waals surface area contributed by atoms with E-state index in [1.54, 1.807) is 6.07 Å². The molecular formula is C26H34FN5. The van der Waals surface area contributed by atoms with Gasteiger partial charge in [-0.15, -0.1) is 0 Å². The predicted molar refractivity (Wildman–Crippen MR) is 129 cm³/mol. The number of likely N-dealkylation sites (tertiary alicyclic amines) is 1. The van der Waals surface area contributed by atoms with Crippen LogP contribution in [0.4, 0.5) is 10.2 Å². The lowest BCUT2D eigenvalue weighted by atomic mass is 9.87. The molecule has 5 nitrogen and oxygen atoms in total. The number of nitrogens with one attached hydrogen (secondary N) is 1. The van der Waals surface area contributed by atoms with Crippen molar-refractivity contribution in [2.24, 2.45) is 0 Å². The van der Waals surface area contributed by atoms with Gasteiger partial charge in [0.2, 0.25) is 0 Å². The molecule has 32 heavy (non-hydrogen) atoms. The molecule has 1 aliphatic rings. The van der Waals surface area contributed by atoms with E-state index in [-0.39, 0.29) is 11.7 Å². The molecule has 0 amide bonds. The highest BCUT2D eigenvalue weighted by Crippen LogP contribution is 2.32. The van der Waals surface area contributed by atoms with Crippen LogP contribution in [0.15, 0.2) is 36.8 Å². The molecule has 0 saturated carbocycles. The number of aromatic nitrogens is 3. The summed E-state index contributed by atoms with van der Waals surface area (Å²) in [4.78, 5) is 7.06. The van der Waals surface area contributed by atoms with Gasteiger partial charge in [0.1, 0.15) is 11.6 Å². The summed E-state index contributed by atoms with van der Waals surface area (Å²) >= 11 is 0. The van der Waals surface area contributed by atoms with E-state index < -0.39 is 0 Å². The van der Waals surface area contributed by atoms with Crippen molar-refractivity contribution in [1.29, 1.82) is 0 Å². The highest BCUT2D eigenvalue weighted by Gasteiger charge is 2.20. The first-order chi connectivity index (χ1) is 15.4. The standard InChI is InChI=1S/C26H34FN5/c1-17-6-7-24(27)19(3)25(17)18(2)12-20-13-21(14-29-26(20)28-4)22-15-30-32(16-22)23-8-10-31(5)11-9-23/h6-7,13-16,18,23H,8-12H2,1-5H3,(H,28,29). The quantitative estimate of drug-likeness (QED) is 0.567. The molecule has 1 aromatic carbocycles. The molecule has 0 bridgehead atoms. The summed E-state index contributed by atoms with van der Waals surface area (Å²) in [5.41, 5.74) is 6.25. The van der Waals surface area contributed by atoms with Crippen LogP contribution >= 0.6 is 0 Å². The minimum atomic E-state index is -0.139. The number of pyridine rings is 1. The van der Waals surface area contributed by atoms with Gasteiger partial charge in [-0.2, -0.15) is 5.10 Å². The average molecular weight is 436 g/mol. The summed E-state index contributed by atoms with van der Waals surface area (Å²) in [7, 11) is 4.07. The van der Waals surface area contributed by atoms with E-state index in [4.69, 9.17) is 0 Å². The zero-order valence-corrected chi connectivity index (χ0v) is 19.8. The Labute approximate surface area is 190 Å². The highest BCUT2D eigenvalue weighted by molar-refractivity contribution is 5.64. The Bertz CT molecular complexity index is 1080. The van der Waals surface area contributed by atoms with Crippen LogP contribution in [0.25, 0.3) is 11.1 Å². The summed E-state index contributed by atoms with van der Waals surface area (Å²) in [6.07, 6.45) is 9.05. The zero-order valence-electron chi connectivity index (χ0n) is 19.8. The summed E-state index contributed by atoms with van der Waals surface area (Å²) in [6, 6.07) is 6.10. The number of rotatable bonds is 6. The predicted octanol–water partition coefficient (Wildman–Crippen LogP) is 5.36. The Kier molecular flexibility index (Phi) is 6.60. The molecule has 4 rings (SSSR count). The van der Waals surface area contributed by atoms with Crippen molar-refractivity contribution in [3.8, 4) is 11.1 Å². The Morgan fingerprint density at radius 1 is 1.16 bits per heavy atom. The third-order valence-electron chi connectivity index (χ3n) is 6.89. The smallest absolute Gasteiger partial charge is 0.128 e. The third kappa shape index (κ3) is 4.56. The number of nitrogens with zero attached hydrogens (tertiary/aromatic N) is 4. The second-order valence-corrected chi connectivity index (χ2v) is 9.23. The fourth-order valence-corrected chi connectivity index (χ4v) is 5.02. The lowest BCUT2D eigenvalue weighted by Crippen LogP contribution is -2.31. The van der Waals surface area contributed by atoms with Crippen molar-refractivity contribution in [1.82, 2.24) is 19.7 Å². The number of piperidine rings is 1. The maximum absolute atomic E-state index is 14.2. The van der Waals surface area contributed by atoms with Gasteiger partial charge in [-0.1, -0.05) is 13.0 Å². The Hall–Kier alpha value is -2.73. The van der Waals surface area contributed by atoms with Crippen molar-refractivity contribution < 1.29 is 4.39 Å². The Morgan fingerprint density at radius 3 is 2.62 bits per heavy atom. The molecule has 170 valence electrons. The fourth-order valence-electron chi connectivity index (χ4n) is 5.02. The average Bonchev–Trinajstić information content (AvgIpc) is 3.27. The monoisotopic (exact) mass is 435 g/mol. The lowest BCUT2D eigenvalue weighted by Gasteiger charge is -2.28. The molecule has 0 aliphatic carbocycles. The maximum Gasteiger partial charge on any atom is 0.128 e. The van der Waals surface area contributed by atoms with E-state index in [0.29, 0.717) is 6.04 Å². The van der Waals surface area contributed by atoms with Crippen LogP contribution in [-0.4, -0.2) is 46.8 Å². The van der Waals surface area contributed by atoms with Gasteiger partial charge in [-0.05, 0) is 93.6 Å². The molecule has 1 fully saturated rings. The summed E-state index contributed by atoms with van der Waals surface area (Å²) in [6.45, 7) is 8.32. The van der Waals surface area contributed by atoms with Gasteiger partial charge in [0.05, 0.1) is 12.2 Å². The van der Waals surface area contributed by atoms with Gasteiger partial charge in [-0.3, -0.25) is 4.68 Å². The summed E-state index contributed by atoms with van der Waals surface area (Å²) in [5.74, 6) is 0.909. The molecule has 6 heteroatoms.